The lowest BCUT2D eigenvalue weighted by Gasteiger charge is -2.30. The number of benzene rings is 1. The van der Waals surface area contributed by atoms with Crippen LogP contribution in [0.4, 0.5) is 5.69 Å². The molecule has 2 aliphatic rings. The third-order valence-electron chi connectivity index (χ3n) is 5.44. The molecule has 1 amide bonds. The third kappa shape index (κ3) is 5.07. The molecule has 3 heterocycles. The van der Waals surface area contributed by atoms with Crippen LogP contribution in [0.2, 0.25) is 10.0 Å². The van der Waals surface area contributed by atoms with E-state index in [0.29, 0.717) is 19.4 Å². The molecule has 4 rings (SSSR count). The Bertz CT molecular complexity index is 1220. The fourth-order valence-electron chi connectivity index (χ4n) is 3.67. The number of halogens is 2. The van der Waals surface area contributed by atoms with Crippen molar-refractivity contribution in [3.8, 4) is 5.88 Å². The average Bonchev–Trinajstić information content (AvgIpc) is 2.83. The maximum absolute atomic E-state index is 13.3. The molecule has 0 aliphatic carbocycles. The standard InChI is InChI=1S/C21H21Cl2N3O7S/c1-12-8-13(4-6-31-12)21(28)33-25-19(27)14-9-18-20(24-11-14)32-7-5-26(18)34(29,30)15-2-3-16(22)17(23)10-15/h2-3,9-13H,4-8H2,1H3,(H,25,27). The Morgan fingerprint density at radius 3 is 2.74 bits per heavy atom. The molecule has 0 spiro atoms. The van der Waals surface area contributed by atoms with E-state index < -0.39 is 21.9 Å². The van der Waals surface area contributed by atoms with Crippen LogP contribution in [0.1, 0.15) is 30.1 Å². The number of rotatable bonds is 4. The lowest BCUT2D eigenvalue weighted by atomic mass is 9.97. The van der Waals surface area contributed by atoms with Gasteiger partial charge in [-0.05, 0) is 44.0 Å². The van der Waals surface area contributed by atoms with E-state index in [2.05, 4.69) is 10.5 Å². The van der Waals surface area contributed by atoms with Crippen molar-refractivity contribution in [2.45, 2.75) is 30.8 Å². The van der Waals surface area contributed by atoms with Gasteiger partial charge in [0.25, 0.3) is 15.9 Å². The molecule has 182 valence electrons. The average molecular weight is 530 g/mol. The summed E-state index contributed by atoms with van der Waals surface area (Å²) in [7, 11) is -4.06. The van der Waals surface area contributed by atoms with Crippen LogP contribution >= 0.6 is 23.2 Å². The van der Waals surface area contributed by atoms with Crippen LogP contribution in [0.25, 0.3) is 0 Å². The second-order valence-corrected chi connectivity index (χ2v) is 10.5. The van der Waals surface area contributed by atoms with Crippen LogP contribution < -0.4 is 14.5 Å². The molecule has 1 fully saturated rings. The van der Waals surface area contributed by atoms with Crippen LogP contribution in [0.15, 0.2) is 35.4 Å². The topological polar surface area (TPSA) is 124 Å². The number of hydroxylamine groups is 1. The second-order valence-electron chi connectivity index (χ2n) is 7.80. The monoisotopic (exact) mass is 529 g/mol. The number of aromatic nitrogens is 1. The number of hydrogen-bond donors (Lipinski definition) is 1. The van der Waals surface area contributed by atoms with Crippen LogP contribution in [-0.4, -0.2) is 51.1 Å². The molecule has 34 heavy (non-hydrogen) atoms. The van der Waals surface area contributed by atoms with Gasteiger partial charge in [-0.2, -0.15) is 5.48 Å². The number of ether oxygens (including phenoxy) is 2. The molecule has 0 radical (unpaired) electrons. The molecule has 2 aromatic rings. The molecule has 1 N–H and O–H groups in total. The van der Waals surface area contributed by atoms with E-state index in [9.17, 15) is 18.0 Å². The smallest absolute Gasteiger partial charge is 0.335 e. The minimum Gasteiger partial charge on any atom is -0.474 e. The van der Waals surface area contributed by atoms with Crippen molar-refractivity contribution in [2.75, 3.05) is 24.1 Å². The minimum atomic E-state index is -4.06. The summed E-state index contributed by atoms with van der Waals surface area (Å²) in [6.07, 6.45) is 2.12. The fraction of sp³-hybridized carbons (Fsp3) is 0.381. The molecule has 2 atom stereocenters. The van der Waals surface area contributed by atoms with E-state index in [0.717, 1.165) is 4.31 Å². The van der Waals surface area contributed by atoms with Crippen LogP contribution in [0.3, 0.4) is 0 Å². The Hall–Kier alpha value is -2.60. The predicted octanol–water partition coefficient (Wildman–Crippen LogP) is 2.98. The maximum atomic E-state index is 13.3. The van der Waals surface area contributed by atoms with Crippen molar-refractivity contribution in [2.24, 2.45) is 5.92 Å². The van der Waals surface area contributed by atoms with E-state index >= 15 is 0 Å². The number of nitrogens with zero attached hydrogens (tertiary/aromatic N) is 2. The normalized spacial score (nSPS) is 20.1. The van der Waals surface area contributed by atoms with Crippen molar-refractivity contribution in [3.63, 3.8) is 0 Å². The summed E-state index contributed by atoms with van der Waals surface area (Å²) in [5.41, 5.74) is 2.15. The molecule has 2 unspecified atom stereocenters. The molecule has 0 bridgehead atoms. The summed E-state index contributed by atoms with van der Waals surface area (Å²) in [5.74, 6) is -1.67. The minimum absolute atomic E-state index is 0.0146. The highest BCUT2D eigenvalue weighted by atomic mass is 35.5. The Labute approximate surface area is 206 Å². The van der Waals surface area contributed by atoms with Crippen LogP contribution in [0.5, 0.6) is 5.88 Å². The molecule has 10 nitrogen and oxygen atoms in total. The van der Waals surface area contributed by atoms with E-state index in [-0.39, 0.29) is 57.2 Å². The van der Waals surface area contributed by atoms with Gasteiger partial charge in [0.1, 0.15) is 12.3 Å². The Morgan fingerprint density at radius 1 is 1.21 bits per heavy atom. The van der Waals surface area contributed by atoms with Gasteiger partial charge in [0.05, 0.1) is 39.1 Å². The van der Waals surface area contributed by atoms with Crippen molar-refractivity contribution < 1.29 is 32.3 Å². The first kappa shape index (κ1) is 24.5. The van der Waals surface area contributed by atoms with Gasteiger partial charge in [-0.25, -0.2) is 18.2 Å². The summed E-state index contributed by atoms with van der Waals surface area (Å²) in [4.78, 5) is 33.8. The molecular weight excluding hydrogens is 509 g/mol. The van der Waals surface area contributed by atoms with E-state index in [1.165, 1.54) is 30.5 Å². The lowest BCUT2D eigenvalue weighted by molar-refractivity contribution is -0.158. The summed E-state index contributed by atoms with van der Waals surface area (Å²) >= 11 is 11.9. The van der Waals surface area contributed by atoms with Crippen molar-refractivity contribution >= 4 is 50.8 Å². The fourth-order valence-corrected chi connectivity index (χ4v) is 5.49. The first-order valence-electron chi connectivity index (χ1n) is 10.4. The van der Waals surface area contributed by atoms with Crippen molar-refractivity contribution in [3.05, 3.63) is 46.1 Å². The maximum Gasteiger partial charge on any atom is 0.335 e. The molecule has 13 heteroatoms. The zero-order valence-electron chi connectivity index (χ0n) is 18.0. The summed E-state index contributed by atoms with van der Waals surface area (Å²) in [6.45, 7) is 2.34. The van der Waals surface area contributed by atoms with E-state index in [1.54, 1.807) is 0 Å². The van der Waals surface area contributed by atoms with E-state index in [4.69, 9.17) is 37.5 Å². The largest absolute Gasteiger partial charge is 0.474 e. The van der Waals surface area contributed by atoms with Gasteiger partial charge in [-0.15, -0.1) is 0 Å². The summed E-state index contributed by atoms with van der Waals surface area (Å²) in [5, 5.41) is 0.302. The first-order valence-corrected chi connectivity index (χ1v) is 12.6. The SMILES string of the molecule is CC1CC(C(=O)ONC(=O)c2cnc3c(c2)N(S(=O)(=O)c2ccc(Cl)c(Cl)c2)CCO3)CCO1. The lowest BCUT2D eigenvalue weighted by Crippen LogP contribution is -2.38. The molecule has 1 saturated heterocycles. The number of anilines is 1. The highest BCUT2D eigenvalue weighted by Crippen LogP contribution is 2.35. The van der Waals surface area contributed by atoms with Gasteiger partial charge >= 0.3 is 5.97 Å². The molecule has 1 aromatic carbocycles. The predicted molar refractivity (Wildman–Crippen MR) is 122 cm³/mol. The van der Waals surface area contributed by atoms with Gasteiger partial charge in [0.15, 0.2) is 0 Å². The summed E-state index contributed by atoms with van der Waals surface area (Å²) < 4.78 is 38.5. The Balaban J connectivity index is 1.53. The third-order valence-corrected chi connectivity index (χ3v) is 7.99. The first-order chi connectivity index (χ1) is 16.2. The zero-order valence-corrected chi connectivity index (χ0v) is 20.3. The van der Waals surface area contributed by atoms with Gasteiger partial charge < -0.3 is 14.3 Å². The van der Waals surface area contributed by atoms with Crippen LogP contribution in [0, 0.1) is 5.92 Å². The molecule has 2 aliphatic heterocycles. The Morgan fingerprint density at radius 2 is 2.00 bits per heavy atom. The van der Waals surface area contributed by atoms with Gasteiger partial charge in [0.2, 0.25) is 5.88 Å². The highest BCUT2D eigenvalue weighted by molar-refractivity contribution is 7.92. The van der Waals surface area contributed by atoms with Crippen molar-refractivity contribution in [1.82, 2.24) is 10.5 Å². The number of pyridine rings is 1. The number of sulfonamides is 1. The highest BCUT2D eigenvalue weighted by Gasteiger charge is 2.33. The molecule has 1 aromatic heterocycles. The second kappa shape index (κ2) is 9.95. The van der Waals surface area contributed by atoms with Crippen molar-refractivity contribution in [1.29, 1.82) is 0 Å². The number of hydrogen-bond acceptors (Lipinski definition) is 8. The van der Waals surface area contributed by atoms with Gasteiger partial charge in [-0.1, -0.05) is 23.2 Å². The number of carbonyl (C=O) groups excluding carboxylic acids is 2. The van der Waals surface area contributed by atoms with E-state index in [1.807, 2.05) is 6.92 Å². The number of fused-ring (bicyclic) bond motifs is 1. The van der Waals surface area contributed by atoms with Gasteiger partial charge in [-0.3, -0.25) is 9.10 Å². The zero-order chi connectivity index (χ0) is 24.5. The van der Waals surface area contributed by atoms with Gasteiger partial charge in [0, 0.05) is 12.8 Å². The quantitative estimate of drug-likeness (QED) is 0.599. The molecule has 0 saturated carbocycles. The number of amides is 1. The number of carbonyl (C=O) groups is 2. The summed E-state index contributed by atoms with van der Waals surface area (Å²) in [6, 6.07) is 5.26. The van der Waals surface area contributed by atoms with Crippen LogP contribution in [-0.2, 0) is 24.4 Å². The Kier molecular flexibility index (Phi) is 7.17. The molecular formula is C21H21Cl2N3O7S. The number of nitrogens with one attached hydrogen (secondary N) is 1.